The fourth-order valence-corrected chi connectivity index (χ4v) is 4.06. The van der Waals surface area contributed by atoms with E-state index < -0.39 is 58.6 Å². The summed E-state index contributed by atoms with van der Waals surface area (Å²) in [6.45, 7) is 22.8. The highest BCUT2D eigenvalue weighted by Gasteiger charge is 2.42. The van der Waals surface area contributed by atoms with Crippen LogP contribution in [0.5, 0.6) is 0 Å². The van der Waals surface area contributed by atoms with Crippen molar-refractivity contribution in [3.05, 3.63) is 0 Å². The van der Waals surface area contributed by atoms with Crippen LogP contribution in [0.2, 0.25) is 0 Å². The van der Waals surface area contributed by atoms with E-state index in [0.717, 1.165) is 0 Å². The van der Waals surface area contributed by atoms with Crippen LogP contribution < -0.4 is 5.32 Å². The maximum absolute atomic E-state index is 13.4. The molecule has 0 aromatic heterocycles. The van der Waals surface area contributed by atoms with Gasteiger partial charge in [-0.15, -0.1) is 6.42 Å². The molecule has 10 nitrogen and oxygen atoms in total. The SMILES string of the molecule is C#CCO[C@H](CN1CC[C@H]1C(=O)OC(C)(C)C)[C@H](NCC[C@H](OC(C)(C)C)C(=O)OC(C)(C)C)C(=O)OC(C)(C)C. The first kappa shape index (κ1) is 36.8. The molecule has 0 aromatic carbocycles. The first-order valence-corrected chi connectivity index (χ1v) is 14.4. The van der Waals surface area contributed by atoms with E-state index in [1.54, 1.807) is 41.5 Å². The van der Waals surface area contributed by atoms with Gasteiger partial charge in [0.25, 0.3) is 0 Å². The van der Waals surface area contributed by atoms with Crippen molar-refractivity contribution in [3.8, 4) is 12.3 Å². The zero-order valence-corrected chi connectivity index (χ0v) is 27.3. The van der Waals surface area contributed by atoms with Crippen molar-refractivity contribution in [1.29, 1.82) is 0 Å². The topological polar surface area (TPSA) is 113 Å². The maximum atomic E-state index is 13.4. The Morgan fingerprint density at radius 1 is 0.854 bits per heavy atom. The molecule has 1 N–H and O–H groups in total. The van der Waals surface area contributed by atoms with Crippen LogP contribution in [-0.2, 0) is 38.1 Å². The molecule has 0 amide bonds. The normalized spacial score (nSPS) is 18.9. The Balaban J connectivity index is 3.16. The van der Waals surface area contributed by atoms with E-state index in [1.165, 1.54) is 0 Å². The van der Waals surface area contributed by atoms with Crippen LogP contribution in [0.15, 0.2) is 0 Å². The molecule has 4 atom stereocenters. The van der Waals surface area contributed by atoms with Crippen LogP contribution in [0.25, 0.3) is 0 Å². The average Bonchev–Trinajstić information content (AvgIpc) is 2.71. The monoisotopic (exact) mass is 582 g/mol. The predicted octanol–water partition coefficient (Wildman–Crippen LogP) is 3.64. The summed E-state index contributed by atoms with van der Waals surface area (Å²) >= 11 is 0. The predicted molar refractivity (Wildman–Crippen MR) is 157 cm³/mol. The summed E-state index contributed by atoms with van der Waals surface area (Å²) < 4.78 is 28.9. The molecule has 0 radical (unpaired) electrons. The number of ether oxygens (including phenoxy) is 5. The lowest BCUT2D eigenvalue weighted by molar-refractivity contribution is -0.177. The lowest BCUT2D eigenvalue weighted by atomic mass is 10.00. The maximum Gasteiger partial charge on any atom is 0.335 e. The molecule has 0 aromatic rings. The van der Waals surface area contributed by atoms with Gasteiger partial charge in [-0.25, -0.2) is 4.79 Å². The number of esters is 3. The number of terminal acetylenes is 1. The van der Waals surface area contributed by atoms with Gasteiger partial charge in [-0.05, 0) is 102 Å². The van der Waals surface area contributed by atoms with Gasteiger partial charge in [0, 0.05) is 13.1 Å². The molecule has 236 valence electrons. The van der Waals surface area contributed by atoms with E-state index in [4.69, 9.17) is 30.1 Å². The Bertz CT molecular complexity index is 915. The highest BCUT2D eigenvalue weighted by atomic mass is 16.6. The first-order chi connectivity index (χ1) is 18.5. The molecule has 0 saturated carbocycles. The average molecular weight is 583 g/mol. The Labute approximate surface area is 247 Å². The van der Waals surface area contributed by atoms with Crippen LogP contribution >= 0.6 is 0 Å². The first-order valence-electron chi connectivity index (χ1n) is 14.4. The van der Waals surface area contributed by atoms with E-state index >= 15 is 0 Å². The fourth-order valence-electron chi connectivity index (χ4n) is 4.06. The summed E-state index contributed by atoms with van der Waals surface area (Å²) in [7, 11) is 0. The molecule has 1 fully saturated rings. The molecule has 0 bridgehead atoms. The molecule has 0 aliphatic carbocycles. The van der Waals surface area contributed by atoms with Crippen LogP contribution in [0, 0.1) is 12.3 Å². The van der Waals surface area contributed by atoms with Crippen molar-refractivity contribution in [2.24, 2.45) is 0 Å². The summed E-state index contributed by atoms with van der Waals surface area (Å²) in [6, 6.07) is -1.38. The molecule has 10 heteroatoms. The summed E-state index contributed by atoms with van der Waals surface area (Å²) in [5.74, 6) is 1.13. The number of likely N-dealkylation sites (tertiary alicyclic amines) is 1. The Kier molecular flexibility index (Phi) is 13.3. The Morgan fingerprint density at radius 3 is 1.83 bits per heavy atom. The van der Waals surface area contributed by atoms with Gasteiger partial charge in [-0.1, -0.05) is 5.92 Å². The lowest BCUT2D eigenvalue weighted by Crippen LogP contribution is -2.60. The largest absolute Gasteiger partial charge is 0.459 e. The van der Waals surface area contributed by atoms with Gasteiger partial charge in [0.1, 0.15) is 35.5 Å². The van der Waals surface area contributed by atoms with Crippen molar-refractivity contribution < 1.29 is 38.1 Å². The molecule has 41 heavy (non-hydrogen) atoms. The summed E-state index contributed by atoms with van der Waals surface area (Å²) in [5, 5.41) is 3.22. The molecular weight excluding hydrogens is 528 g/mol. The summed E-state index contributed by atoms with van der Waals surface area (Å²) in [6.07, 6.45) is 4.76. The molecule has 1 aliphatic heterocycles. The second-order valence-electron chi connectivity index (χ2n) is 14.4. The van der Waals surface area contributed by atoms with Crippen LogP contribution in [0.4, 0.5) is 0 Å². The molecular formula is C31H54N2O8. The van der Waals surface area contributed by atoms with Gasteiger partial charge in [-0.2, -0.15) is 0 Å². The Hall–Kier alpha value is -2.19. The van der Waals surface area contributed by atoms with Gasteiger partial charge >= 0.3 is 17.9 Å². The zero-order chi connectivity index (χ0) is 31.8. The van der Waals surface area contributed by atoms with Gasteiger partial charge in [0.05, 0.1) is 11.7 Å². The minimum Gasteiger partial charge on any atom is -0.459 e. The fraction of sp³-hybridized carbons (Fsp3) is 0.839. The second kappa shape index (κ2) is 14.8. The molecule has 1 saturated heterocycles. The van der Waals surface area contributed by atoms with Crippen LogP contribution in [-0.4, -0.2) is 95.7 Å². The van der Waals surface area contributed by atoms with Crippen molar-refractivity contribution in [3.63, 3.8) is 0 Å². The number of nitrogens with one attached hydrogen (secondary N) is 1. The van der Waals surface area contributed by atoms with Gasteiger partial charge < -0.3 is 29.0 Å². The summed E-state index contributed by atoms with van der Waals surface area (Å²) in [5.41, 5.74) is -2.64. The van der Waals surface area contributed by atoms with Crippen LogP contribution in [0.3, 0.4) is 0 Å². The van der Waals surface area contributed by atoms with E-state index in [0.29, 0.717) is 13.0 Å². The molecule has 0 unspecified atom stereocenters. The highest BCUT2D eigenvalue weighted by Crippen LogP contribution is 2.24. The molecule has 1 rings (SSSR count). The smallest absolute Gasteiger partial charge is 0.335 e. The number of nitrogens with zero attached hydrogens (tertiary/aromatic N) is 1. The summed E-state index contributed by atoms with van der Waals surface area (Å²) in [4.78, 5) is 41.0. The third-order valence-corrected chi connectivity index (χ3v) is 5.57. The van der Waals surface area contributed by atoms with Gasteiger partial charge in [0.2, 0.25) is 0 Å². The molecule has 1 aliphatic rings. The van der Waals surface area contributed by atoms with Crippen molar-refractivity contribution in [2.75, 3.05) is 26.2 Å². The van der Waals surface area contributed by atoms with Crippen molar-refractivity contribution in [1.82, 2.24) is 10.2 Å². The number of carbonyl (C=O) groups excluding carboxylic acids is 3. The quantitative estimate of drug-likeness (QED) is 0.196. The van der Waals surface area contributed by atoms with E-state index in [9.17, 15) is 14.4 Å². The van der Waals surface area contributed by atoms with Crippen molar-refractivity contribution >= 4 is 17.9 Å². The standard InChI is InChI=1S/C31H54N2O8/c1-14-19-37-23(20-33-18-16-21(33)25(34)39-29(5,6)7)24(27(36)41-31(11,12)13)32-17-15-22(38-28(2,3)4)26(35)40-30(8,9)10/h1,21-24,32H,15-20H2,2-13H3/t21-,22-,23+,24-/m0/s1. The van der Waals surface area contributed by atoms with Crippen molar-refractivity contribution in [2.45, 2.75) is 143 Å². The minimum absolute atomic E-state index is 0.0374. The molecule has 1 heterocycles. The lowest BCUT2D eigenvalue weighted by Gasteiger charge is -2.43. The second-order valence-corrected chi connectivity index (χ2v) is 14.4. The Morgan fingerprint density at radius 2 is 1.39 bits per heavy atom. The number of hydrogen-bond donors (Lipinski definition) is 1. The van der Waals surface area contributed by atoms with Gasteiger partial charge in [-0.3, -0.25) is 14.5 Å². The van der Waals surface area contributed by atoms with E-state index in [1.807, 2.05) is 46.4 Å². The van der Waals surface area contributed by atoms with Gasteiger partial charge in [0.15, 0.2) is 6.10 Å². The number of rotatable bonds is 13. The van der Waals surface area contributed by atoms with E-state index in [2.05, 4.69) is 11.2 Å². The number of carbonyl (C=O) groups is 3. The van der Waals surface area contributed by atoms with E-state index in [-0.39, 0.29) is 32.1 Å². The molecule has 0 spiro atoms. The highest BCUT2D eigenvalue weighted by molar-refractivity contribution is 5.78. The zero-order valence-electron chi connectivity index (χ0n) is 27.3. The number of hydrogen-bond acceptors (Lipinski definition) is 10. The third kappa shape index (κ3) is 15.0. The van der Waals surface area contributed by atoms with Crippen LogP contribution in [0.1, 0.15) is 95.9 Å². The third-order valence-electron chi connectivity index (χ3n) is 5.57. The minimum atomic E-state index is -0.934.